The van der Waals surface area contributed by atoms with Gasteiger partial charge in [-0.15, -0.1) is 11.3 Å². The van der Waals surface area contributed by atoms with Gasteiger partial charge < -0.3 is 5.11 Å². The number of fused-ring (bicyclic) bond motifs is 1. The number of aromatic nitrogens is 1. The van der Waals surface area contributed by atoms with Crippen molar-refractivity contribution in [1.82, 2.24) is 4.98 Å². The average Bonchev–Trinajstić information content (AvgIpc) is 2.57. The van der Waals surface area contributed by atoms with Gasteiger partial charge in [0.2, 0.25) is 0 Å². The monoisotopic (exact) mass is 237 g/mol. The molecule has 1 heterocycles. The summed E-state index contributed by atoms with van der Waals surface area (Å²) in [5.74, 6) is 5.85. The van der Waals surface area contributed by atoms with Crippen molar-refractivity contribution in [3.05, 3.63) is 28.2 Å². The van der Waals surface area contributed by atoms with Crippen molar-refractivity contribution in [3.8, 4) is 11.8 Å². The smallest absolute Gasteiger partial charge is 0.184 e. The lowest BCUT2D eigenvalue weighted by atomic mass is 10.2. The van der Waals surface area contributed by atoms with Crippen molar-refractivity contribution in [2.75, 3.05) is 6.61 Å². The van der Waals surface area contributed by atoms with Gasteiger partial charge in [0.05, 0.1) is 16.8 Å². The molecule has 76 valence electrons. The minimum absolute atomic E-state index is 0.0988. The summed E-state index contributed by atoms with van der Waals surface area (Å²) in [6.07, 6.45) is 0.501. The van der Waals surface area contributed by atoms with E-state index in [2.05, 4.69) is 16.8 Å². The lowest BCUT2D eigenvalue weighted by molar-refractivity contribution is 0.305. The zero-order valence-corrected chi connectivity index (χ0v) is 9.40. The normalized spacial score (nSPS) is 10.0. The molecular weight excluding hydrogens is 230 g/mol. The highest BCUT2D eigenvalue weighted by molar-refractivity contribution is 7.22. The van der Waals surface area contributed by atoms with Gasteiger partial charge in [-0.2, -0.15) is 0 Å². The number of halogens is 1. The van der Waals surface area contributed by atoms with Crippen molar-refractivity contribution in [2.24, 2.45) is 0 Å². The summed E-state index contributed by atoms with van der Waals surface area (Å²) >= 11 is 7.24. The summed E-state index contributed by atoms with van der Waals surface area (Å²) in [6, 6.07) is 5.77. The Kier molecular flexibility index (Phi) is 3.22. The number of hydrogen-bond donors (Lipinski definition) is 1. The fourth-order valence-corrected chi connectivity index (χ4v) is 2.26. The van der Waals surface area contributed by atoms with Gasteiger partial charge in [0.1, 0.15) is 0 Å². The van der Waals surface area contributed by atoms with E-state index in [0.717, 1.165) is 15.8 Å². The van der Waals surface area contributed by atoms with Crippen LogP contribution in [0.1, 0.15) is 12.0 Å². The van der Waals surface area contributed by atoms with E-state index in [0.29, 0.717) is 10.9 Å². The van der Waals surface area contributed by atoms with E-state index in [4.69, 9.17) is 16.7 Å². The topological polar surface area (TPSA) is 33.1 Å². The first-order valence-corrected chi connectivity index (χ1v) is 5.65. The molecule has 4 heteroatoms. The minimum Gasteiger partial charge on any atom is -0.395 e. The first-order valence-electron chi connectivity index (χ1n) is 4.45. The van der Waals surface area contributed by atoms with Crippen LogP contribution >= 0.6 is 22.9 Å². The van der Waals surface area contributed by atoms with Crippen LogP contribution in [-0.4, -0.2) is 16.7 Å². The zero-order valence-electron chi connectivity index (χ0n) is 7.83. The van der Waals surface area contributed by atoms with Gasteiger partial charge in [-0.05, 0) is 18.2 Å². The quantitative estimate of drug-likeness (QED) is 0.774. The second-order valence-electron chi connectivity index (χ2n) is 2.92. The van der Waals surface area contributed by atoms with Crippen LogP contribution in [0.25, 0.3) is 10.2 Å². The molecule has 1 N–H and O–H groups in total. The minimum atomic E-state index is 0.0988. The van der Waals surface area contributed by atoms with E-state index in [1.165, 1.54) is 11.3 Å². The number of benzene rings is 1. The first kappa shape index (κ1) is 10.4. The summed E-state index contributed by atoms with van der Waals surface area (Å²) in [4.78, 5) is 4.15. The third-order valence-corrected chi connectivity index (χ3v) is 2.95. The summed E-state index contributed by atoms with van der Waals surface area (Å²) in [5.41, 5.74) is 1.83. The molecule has 1 aromatic heterocycles. The highest BCUT2D eigenvalue weighted by Crippen LogP contribution is 2.26. The van der Waals surface area contributed by atoms with Gasteiger partial charge in [0, 0.05) is 12.0 Å². The molecule has 0 unspecified atom stereocenters. The first-order chi connectivity index (χ1) is 7.29. The molecule has 0 aliphatic rings. The lowest BCUT2D eigenvalue weighted by Crippen LogP contribution is -1.77. The van der Waals surface area contributed by atoms with E-state index in [1.807, 2.05) is 18.2 Å². The maximum absolute atomic E-state index is 8.59. The van der Waals surface area contributed by atoms with Crippen LogP contribution in [0.2, 0.25) is 4.47 Å². The van der Waals surface area contributed by atoms with Crippen molar-refractivity contribution in [2.45, 2.75) is 6.42 Å². The molecule has 0 amide bonds. The van der Waals surface area contributed by atoms with Crippen molar-refractivity contribution in [1.29, 1.82) is 0 Å². The fourth-order valence-electron chi connectivity index (χ4n) is 1.19. The second-order valence-corrected chi connectivity index (χ2v) is 4.54. The molecule has 0 radical (unpaired) electrons. The summed E-state index contributed by atoms with van der Waals surface area (Å²) in [7, 11) is 0. The predicted octanol–water partition coefficient (Wildman–Crippen LogP) is 2.68. The van der Waals surface area contributed by atoms with E-state index < -0.39 is 0 Å². The fraction of sp³-hybridized carbons (Fsp3) is 0.182. The third kappa shape index (κ3) is 2.48. The molecular formula is C11H8ClNOS. The maximum Gasteiger partial charge on any atom is 0.184 e. The average molecular weight is 238 g/mol. The number of aliphatic hydroxyl groups is 1. The Balaban J connectivity index is 2.35. The Morgan fingerprint density at radius 1 is 1.47 bits per heavy atom. The molecule has 2 nitrogen and oxygen atoms in total. The molecule has 0 fully saturated rings. The molecule has 1 aromatic carbocycles. The largest absolute Gasteiger partial charge is 0.395 e. The molecule has 2 aromatic rings. The molecule has 2 rings (SSSR count). The van der Waals surface area contributed by atoms with Crippen LogP contribution in [0, 0.1) is 11.8 Å². The van der Waals surface area contributed by atoms with E-state index in [-0.39, 0.29) is 6.61 Å². The Hall–Kier alpha value is -1.08. The summed E-state index contributed by atoms with van der Waals surface area (Å²) < 4.78 is 1.58. The number of thiazole rings is 1. The van der Waals surface area contributed by atoms with Crippen LogP contribution in [0.15, 0.2) is 18.2 Å². The van der Waals surface area contributed by atoms with Crippen LogP contribution < -0.4 is 0 Å². The number of hydrogen-bond acceptors (Lipinski definition) is 3. The predicted molar refractivity (Wildman–Crippen MR) is 63.2 cm³/mol. The van der Waals surface area contributed by atoms with E-state index in [1.54, 1.807) is 0 Å². The van der Waals surface area contributed by atoms with Crippen molar-refractivity contribution < 1.29 is 5.11 Å². The molecule has 0 saturated heterocycles. The molecule has 0 saturated carbocycles. The van der Waals surface area contributed by atoms with Gasteiger partial charge >= 0.3 is 0 Å². The number of aliphatic hydroxyl groups excluding tert-OH is 1. The zero-order chi connectivity index (χ0) is 10.7. The summed E-state index contributed by atoms with van der Waals surface area (Å²) in [5, 5.41) is 8.59. The Labute approximate surface area is 96.5 Å². The van der Waals surface area contributed by atoms with Gasteiger partial charge in [-0.3, -0.25) is 0 Å². The third-order valence-electron chi connectivity index (χ3n) is 1.83. The lowest BCUT2D eigenvalue weighted by Gasteiger charge is -1.89. The van der Waals surface area contributed by atoms with Crippen LogP contribution in [-0.2, 0) is 0 Å². The SMILES string of the molecule is OCCC#Cc1ccc2nc(Cl)sc2c1. The molecule has 0 aliphatic carbocycles. The van der Waals surface area contributed by atoms with Crippen LogP contribution in [0.5, 0.6) is 0 Å². The highest BCUT2D eigenvalue weighted by Gasteiger charge is 2.00. The number of rotatable bonds is 1. The van der Waals surface area contributed by atoms with E-state index >= 15 is 0 Å². The maximum atomic E-state index is 8.59. The van der Waals surface area contributed by atoms with Crippen molar-refractivity contribution >= 4 is 33.2 Å². The Bertz CT molecular complexity index is 538. The molecule has 0 spiro atoms. The van der Waals surface area contributed by atoms with Gasteiger partial charge in [0.25, 0.3) is 0 Å². The molecule has 0 bridgehead atoms. The second kappa shape index (κ2) is 4.63. The number of nitrogens with zero attached hydrogens (tertiary/aromatic N) is 1. The highest BCUT2D eigenvalue weighted by atomic mass is 35.5. The van der Waals surface area contributed by atoms with E-state index in [9.17, 15) is 0 Å². The molecule has 15 heavy (non-hydrogen) atoms. The standard InChI is InChI=1S/C11H8ClNOS/c12-11-13-9-5-4-8(3-1-2-6-14)7-10(9)15-11/h4-5,7,14H,2,6H2. The van der Waals surface area contributed by atoms with Crippen molar-refractivity contribution in [3.63, 3.8) is 0 Å². The van der Waals surface area contributed by atoms with Crippen LogP contribution in [0.4, 0.5) is 0 Å². The Morgan fingerprint density at radius 2 is 2.33 bits per heavy atom. The van der Waals surface area contributed by atoms with Crippen LogP contribution in [0.3, 0.4) is 0 Å². The van der Waals surface area contributed by atoms with Gasteiger partial charge in [-0.1, -0.05) is 23.4 Å². The van der Waals surface area contributed by atoms with Gasteiger partial charge in [0.15, 0.2) is 4.47 Å². The Morgan fingerprint density at radius 3 is 3.13 bits per heavy atom. The summed E-state index contributed by atoms with van der Waals surface area (Å²) in [6.45, 7) is 0.0988. The molecule has 0 aliphatic heterocycles. The molecule has 0 atom stereocenters. The van der Waals surface area contributed by atoms with Gasteiger partial charge in [-0.25, -0.2) is 4.98 Å².